The summed E-state index contributed by atoms with van der Waals surface area (Å²) in [5, 5.41) is 0. The Labute approximate surface area is 96.9 Å². The van der Waals surface area contributed by atoms with Gasteiger partial charge in [-0.3, -0.25) is 4.84 Å². The van der Waals surface area contributed by atoms with Crippen LogP contribution in [0, 0.1) is 5.92 Å². The molecule has 1 fully saturated rings. The highest BCUT2D eigenvalue weighted by Crippen LogP contribution is 2.47. The van der Waals surface area contributed by atoms with Crippen molar-refractivity contribution < 1.29 is 22.4 Å². The fraction of sp³-hybridized carbons (Fsp3) is 0.636. The molecule has 17 heavy (non-hydrogen) atoms. The van der Waals surface area contributed by atoms with Crippen molar-refractivity contribution >= 4 is 0 Å². The molecule has 1 heterocycles. The van der Waals surface area contributed by atoms with Crippen LogP contribution in [-0.4, -0.2) is 12.8 Å². The molecule has 6 heteroatoms. The summed E-state index contributed by atoms with van der Waals surface area (Å²) >= 11 is 0. The van der Waals surface area contributed by atoms with Gasteiger partial charge >= 0.3 is 6.18 Å². The second kappa shape index (κ2) is 4.70. The Morgan fingerprint density at radius 3 is 2.76 bits per heavy atom. The highest BCUT2D eigenvalue weighted by atomic mass is 19.4. The summed E-state index contributed by atoms with van der Waals surface area (Å²) in [4.78, 5) is 4.27. The number of alkyl halides is 3. The average Bonchev–Trinajstić information content (AvgIpc) is 2.77. The average molecular weight is 249 g/mol. The molecule has 0 spiro atoms. The van der Waals surface area contributed by atoms with E-state index in [2.05, 4.69) is 17.2 Å². The van der Waals surface area contributed by atoms with Gasteiger partial charge in [0.2, 0.25) is 0 Å². The van der Waals surface area contributed by atoms with Crippen LogP contribution in [0.2, 0.25) is 0 Å². The zero-order valence-electron chi connectivity index (χ0n) is 9.38. The van der Waals surface area contributed by atoms with E-state index in [0.717, 1.165) is 12.2 Å². The zero-order chi connectivity index (χ0) is 12.5. The van der Waals surface area contributed by atoms with Crippen molar-refractivity contribution in [2.75, 3.05) is 6.61 Å². The summed E-state index contributed by atoms with van der Waals surface area (Å²) in [5.74, 6) is 2.61. The molecule has 0 amide bonds. The minimum absolute atomic E-state index is 0.136. The van der Waals surface area contributed by atoms with E-state index < -0.39 is 12.8 Å². The normalized spacial score (nSPS) is 24.0. The van der Waals surface area contributed by atoms with Crippen molar-refractivity contribution in [1.29, 1.82) is 0 Å². The van der Waals surface area contributed by atoms with Gasteiger partial charge in [0.05, 0.1) is 6.54 Å². The number of hydroxylamine groups is 1. The van der Waals surface area contributed by atoms with E-state index in [1.54, 1.807) is 6.07 Å². The molecule has 1 saturated carbocycles. The van der Waals surface area contributed by atoms with Crippen LogP contribution in [0.5, 0.6) is 0 Å². The quantitative estimate of drug-likeness (QED) is 0.643. The van der Waals surface area contributed by atoms with Crippen molar-refractivity contribution in [3.05, 3.63) is 23.7 Å². The fourth-order valence-electron chi connectivity index (χ4n) is 1.66. The highest BCUT2D eigenvalue weighted by molar-refractivity contribution is 5.17. The van der Waals surface area contributed by atoms with Gasteiger partial charge in [-0.15, -0.1) is 0 Å². The number of furan rings is 1. The van der Waals surface area contributed by atoms with Gasteiger partial charge < -0.3 is 4.42 Å². The van der Waals surface area contributed by atoms with Gasteiger partial charge in [0.1, 0.15) is 11.5 Å². The lowest BCUT2D eigenvalue weighted by Gasteiger charge is -2.07. The van der Waals surface area contributed by atoms with E-state index in [0.29, 0.717) is 17.6 Å². The maximum absolute atomic E-state index is 11.8. The lowest BCUT2D eigenvalue weighted by molar-refractivity contribution is -0.190. The standard InChI is InChI=1S/C11H14F3NO2/c1-7-4-9(7)10-3-2-8(17-10)5-15-16-6-11(12,13)14/h2-3,7,9,15H,4-6H2,1H3. The molecule has 2 atom stereocenters. The van der Waals surface area contributed by atoms with E-state index in [1.807, 2.05) is 6.07 Å². The SMILES string of the molecule is CC1CC1c1ccc(CNOCC(F)(F)F)o1. The van der Waals surface area contributed by atoms with Crippen molar-refractivity contribution in [2.45, 2.75) is 32.0 Å². The topological polar surface area (TPSA) is 34.4 Å². The van der Waals surface area contributed by atoms with Crippen LogP contribution in [0.3, 0.4) is 0 Å². The summed E-state index contributed by atoms with van der Waals surface area (Å²) in [6.07, 6.45) is -3.20. The first-order valence-electron chi connectivity index (χ1n) is 5.46. The Morgan fingerprint density at radius 1 is 1.47 bits per heavy atom. The van der Waals surface area contributed by atoms with E-state index in [-0.39, 0.29) is 6.54 Å². The number of hydrogen-bond donors (Lipinski definition) is 1. The van der Waals surface area contributed by atoms with Crippen LogP contribution in [0.1, 0.15) is 30.8 Å². The summed E-state index contributed by atoms with van der Waals surface area (Å²) in [7, 11) is 0. The van der Waals surface area contributed by atoms with Gasteiger partial charge in [-0.1, -0.05) is 6.92 Å². The molecule has 0 saturated heterocycles. The molecule has 1 aliphatic rings. The van der Waals surface area contributed by atoms with Crippen molar-refractivity contribution in [3.8, 4) is 0 Å². The van der Waals surface area contributed by atoms with Gasteiger partial charge in [-0.25, -0.2) is 0 Å². The molecule has 2 unspecified atom stereocenters. The number of hydrogen-bond acceptors (Lipinski definition) is 3. The minimum atomic E-state index is -4.31. The summed E-state index contributed by atoms with van der Waals surface area (Å²) in [6, 6.07) is 3.62. The molecule has 1 aliphatic carbocycles. The van der Waals surface area contributed by atoms with E-state index in [9.17, 15) is 13.2 Å². The molecule has 3 nitrogen and oxygen atoms in total. The van der Waals surface area contributed by atoms with Gasteiger partial charge in [0.25, 0.3) is 0 Å². The van der Waals surface area contributed by atoms with Crippen molar-refractivity contribution in [2.24, 2.45) is 5.92 Å². The third-order valence-electron chi connectivity index (χ3n) is 2.74. The molecular formula is C11H14F3NO2. The Kier molecular flexibility index (Phi) is 3.44. The van der Waals surface area contributed by atoms with Crippen LogP contribution in [0.15, 0.2) is 16.5 Å². The molecule has 1 N–H and O–H groups in total. The van der Waals surface area contributed by atoms with Gasteiger partial charge in [-0.05, 0) is 24.5 Å². The fourth-order valence-corrected chi connectivity index (χ4v) is 1.66. The molecule has 0 aliphatic heterocycles. The Morgan fingerprint density at radius 2 is 2.18 bits per heavy atom. The molecule has 0 aromatic carbocycles. The zero-order valence-corrected chi connectivity index (χ0v) is 9.38. The predicted molar refractivity (Wildman–Crippen MR) is 54.1 cm³/mol. The maximum Gasteiger partial charge on any atom is 0.413 e. The molecule has 0 bridgehead atoms. The first kappa shape index (κ1) is 12.4. The first-order chi connectivity index (χ1) is 7.96. The number of rotatable bonds is 5. The summed E-state index contributed by atoms with van der Waals surface area (Å²) < 4.78 is 40.7. The molecule has 1 aromatic rings. The van der Waals surface area contributed by atoms with Crippen molar-refractivity contribution in [3.63, 3.8) is 0 Å². The largest absolute Gasteiger partial charge is 0.464 e. The molecule has 1 aromatic heterocycles. The molecule has 0 radical (unpaired) electrons. The van der Waals surface area contributed by atoms with Gasteiger partial charge in [0.15, 0.2) is 6.61 Å². The molecule has 2 rings (SSSR count). The number of nitrogens with one attached hydrogen (secondary N) is 1. The van der Waals surface area contributed by atoms with Crippen LogP contribution in [0.25, 0.3) is 0 Å². The predicted octanol–water partition coefficient (Wildman–Crippen LogP) is 2.99. The maximum atomic E-state index is 11.8. The van der Waals surface area contributed by atoms with Crippen LogP contribution in [-0.2, 0) is 11.4 Å². The van der Waals surface area contributed by atoms with E-state index in [4.69, 9.17) is 4.42 Å². The molecule has 96 valence electrons. The van der Waals surface area contributed by atoms with E-state index in [1.165, 1.54) is 0 Å². The smallest absolute Gasteiger partial charge is 0.413 e. The summed E-state index contributed by atoms with van der Waals surface area (Å²) in [6.45, 7) is 0.967. The highest BCUT2D eigenvalue weighted by Gasteiger charge is 2.36. The third-order valence-corrected chi connectivity index (χ3v) is 2.74. The molecular weight excluding hydrogens is 235 g/mol. The Bertz CT molecular complexity index is 375. The van der Waals surface area contributed by atoms with Crippen molar-refractivity contribution in [1.82, 2.24) is 5.48 Å². The Hall–Kier alpha value is -1.01. The second-order valence-corrected chi connectivity index (χ2v) is 4.35. The third kappa shape index (κ3) is 3.74. The van der Waals surface area contributed by atoms with Crippen LogP contribution < -0.4 is 5.48 Å². The monoisotopic (exact) mass is 249 g/mol. The van der Waals surface area contributed by atoms with Gasteiger partial charge in [0, 0.05) is 5.92 Å². The van der Waals surface area contributed by atoms with Crippen LogP contribution in [0.4, 0.5) is 13.2 Å². The second-order valence-electron chi connectivity index (χ2n) is 4.35. The van der Waals surface area contributed by atoms with E-state index >= 15 is 0 Å². The van der Waals surface area contributed by atoms with Gasteiger partial charge in [-0.2, -0.15) is 18.7 Å². The Balaban J connectivity index is 1.71. The van der Waals surface area contributed by atoms with Crippen LogP contribution >= 0.6 is 0 Å². The first-order valence-corrected chi connectivity index (χ1v) is 5.46. The number of halogens is 3. The lowest BCUT2D eigenvalue weighted by Crippen LogP contribution is -2.24. The lowest BCUT2D eigenvalue weighted by atomic mass is 10.3. The minimum Gasteiger partial charge on any atom is -0.464 e. The summed E-state index contributed by atoms with van der Waals surface area (Å²) in [5.41, 5.74) is 2.23.